The second-order valence-electron chi connectivity index (χ2n) is 17.3. The quantitative estimate of drug-likeness (QED) is 0.124. The molecule has 0 atom stereocenters. The van der Waals surface area contributed by atoms with Crippen LogP contribution in [-0.2, 0) is 22.8 Å². The summed E-state index contributed by atoms with van der Waals surface area (Å²) in [6.45, 7) is 2.03. The first-order chi connectivity index (χ1) is 40.7. The molecular weight excluding hydrogens is 1490 g/mol. The van der Waals surface area contributed by atoms with E-state index in [2.05, 4.69) is 80.4 Å². The summed E-state index contributed by atoms with van der Waals surface area (Å²) in [4.78, 5) is 37.0. The number of halogens is 18. The van der Waals surface area contributed by atoms with Crippen LogP contribution in [0.25, 0.3) is 34.2 Å². The molecule has 28 heteroatoms. The number of aromatic nitrogens is 9. The second kappa shape index (κ2) is 30.4. The molecule has 0 unspecified atom stereocenters. The maximum atomic E-state index is 5.91. The molecule has 0 bridgehead atoms. The highest BCUT2D eigenvalue weighted by Gasteiger charge is 2.37. The molecule has 9 rings (SSSR count). The predicted molar refractivity (Wildman–Crippen MR) is 360 cm³/mol. The molecule has 3 aromatic heterocycles. The van der Waals surface area contributed by atoms with Crippen LogP contribution < -0.4 is 4.74 Å². The Balaban J connectivity index is 0.000000187. The Kier molecular flexibility index (Phi) is 24.7. The van der Waals surface area contributed by atoms with E-state index < -0.39 is 22.8 Å². The van der Waals surface area contributed by atoms with Gasteiger partial charge in [0.15, 0.2) is 52.4 Å². The first kappa shape index (κ1) is 70.5. The summed E-state index contributed by atoms with van der Waals surface area (Å²) in [6.07, 6.45) is 0. The predicted octanol–water partition coefficient (Wildman–Crippen LogP) is 20.1. The molecule has 3 heterocycles. The number of hydrogen-bond acceptors (Lipinski definition) is 10. The van der Waals surface area contributed by atoms with Crippen molar-refractivity contribution in [2.75, 3.05) is 7.11 Å². The Labute approximate surface area is 590 Å². The molecule has 0 aliphatic carbocycles. The molecule has 0 fully saturated rings. The van der Waals surface area contributed by atoms with Gasteiger partial charge in [0.1, 0.15) is 5.75 Å². The van der Waals surface area contributed by atoms with Crippen LogP contribution in [-0.4, -0.2) is 52.0 Å². The first-order valence-corrected chi connectivity index (χ1v) is 30.9. The summed E-state index contributed by atoms with van der Waals surface area (Å²) in [5.74, 6) is 19.0. The normalized spacial score (nSPS) is 11.6. The average molecular weight is 1520 g/mol. The van der Waals surface area contributed by atoms with E-state index in [1.54, 1.807) is 55.6 Å². The molecule has 0 aliphatic rings. The lowest BCUT2D eigenvalue weighted by Gasteiger charge is -2.15. The van der Waals surface area contributed by atoms with Crippen molar-refractivity contribution in [3.8, 4) is 75.4 Å². The monoisotopic (exact) mass is 1510 g/mol. The van der Waals surface area contributed by atoms with Crippen LogP contribution in [0.2, 0.25) is 0 Å². The van der Waals surface area contributed by atoms with Crippen LogP contribution in [0.1, 0.15) is 73.9 Å². The highest BCUT2D eigenvalue weighted by molar-refractivity contribution is 6.69. The van der Waals surface area contributed by atoms with E-state index in [4.69, 9.17) is 214 Å². The topological polar surface area (TPSA) is 125 Å². The maximum Gasteiger partial charge on any atom is 0.250 e. The van der Waals surface area contributed by atoms with Crippen molar-refractivity contribution in [2.24, 2.45) is 0 Å². The molecule has 0 spiro atoms. The molecule has 87 heavy (non-hydrogen) atoms. The van der Waals surface area contributed by atoms with Gasteiger partial charge in [0, 0.05) is 50.1 Å². The van der Waals surface area contributed by atoms with E-state index >= 15 is 0 Å². The molecule has 0 N–H and O–H groups in total. The van der Waals surface area contributed by atoms with Crippen molar-refractivity contribution < 1.29 is 4.74 Å². The van der Waals surface area contributed by atoms with Gasteiger partial charge in [-0.1, -0.05) is 280 Å². The molecule has 0 saturated heterocycles. The first-order valence-electron chi connectivity index (χ1n) is 24.1. The Morgan fingerprint density at radius 3 is 0.690 bits per heavy atom. The summed E-state index contributed by atoms with van der Waals surface area (Å²) < 4.78 is -6.29. The Morgan fingerprint density at radius 2 is 0.471 bits per heavy atom. The van der Waals surface area contributed by atoms with E-state index in [-0.39, 0.29) is 52.4 Å². The van der Waals surface area contributed by atoms with E-state index in [1.165, 1.54) is 5.56 Å². The third-order valence-corrected chi connectivity index (χ3v) is 13.9. The van der Waals surface area contributed by atoms with Gasteiger partial charge in [0.05, 0.1) is 7.11 Å². The fraction of sp³-hybridized carbons (Fsp3) is 0.136. The third-order valence-electron chi connectivity index (χ3n) is 10.8. The summed E-state index contributed by atoms with van der Waals surface area (Å²) >= 11 is 106. The van der Waals surface area contributed by atoms with Crippen molar-refractivity contribution in [1.82, 2.24) is 44.9 Å². The molecule has 9 aromatic rings. The standard InChI is InChI=1S/C20H11Cl6N3O.C20H11Cl6N3.C19H9Cl6N3/c1-30-15-10-6-13(7-11-15)3-2-12-4-8-14(9-5-12)16-27-17(19(21,22)23)29-18(28-16)20(24,25)26;1-12-2-4-13(5-3-12)6-7-14-8-10-15(11-9-14)16-27-17(19(21,22)23)29-18(28-16)20(24,25)26;20-18(21,22)16-26-15(27-17(28-16)19(23,24)25)14-10-8-13(9-11-14)7-6-12-4-2-1-3-5-12/h4-11H,1H3;2-5,8-11H,1H3;1-5,8-11H. The minimum Gasteiger partial charge on any atom is -0.497 e. The van der Waals surface area contributed by atoms with Gasteiger partial charge in [-0.2, -0.15) is 0 Å². The second-order valence-corrected chi connectivity index (χ2v) is 31.0. The Hall–Kier alpha value is -3.95. The van der Waals surface area contributed by atoms with Gasteiger partial charge >= 0.3 is 0 Å². The number of methoxy groups -OCH3 is 1. The zero-order chi connectivity index (χ0) is 63.5. The SMILES string of the molecule is COc1ccc(C#Cc2ccc(-c3nc(C(Cl)(Cl)Cl)nc(C(Cl)(Cl)Cl)n3)cc2)cc1.Cc1ccc(C#Cc2ccc(-c3nc(C(Cl)(Cl)Cl)nc(C(Cl)(Cl)Cl)n3)cc2)cc1.ClC(Cl)(Cl)c1nc(-c2ccc(C#Cc3ccccc3)cc2)nc(C(Cl)(Cl)Cl)n1. The van der Waals surface area contributed by atoms with E-state index in [0.29, 0.717) is 16.7 Å². The van der Waals surface area contributed by atoms with Crippen LogP contribution in [0.5, 0.6) is 5.75 Å². The largest absolute Gasteiger partial charge is 0.497 e. The van der Waals surface area contributed by atoms with Crippen LogP contribution in [0, 0.1) is 42.4 Å². The third kappa shape index (κ3) is 21.9. The van der Waals surface area contributed by atoms with E-state index in [0.717, 1.165) is 39.1 Å². The molecule has 0 amide bonds. The van der Waals surface area contributed by atoms with E-state index in [9.17, 15) is 0 Å². The molecule has 0 aliphatic heterocycles. The number of aryl methyl sites for hydroxylation is 1. The van der Waals surface area contributed by atoms with Crippen molar-refractivity contribution in [3.63, 3.8) is 0 Å². The van der Waals surface area contributed by atoms with Crippen LogP contribution in [0.15, 0.2) is 152 Å². The fourth-order valence-corrected chi connectivity index (χ4v) is 8.17. The average Bonchev–Trinajstić information content (AvgIpc) is 1.08. The zero-order valence-corrected chi connectivity index (χ0v) is 57.3. The number of ether oxygens (including phenoxy) is 1. The lowest BCUT2D eigenvalue weighted by molar-refractivity contribution is 0.415. The molecule has 0 radical (unpaired) electrons. The number of hydrogen-bond donors (Lipinski definition) is 0. The van der Waals surface area contributed by atoms with Gasteiger partial charge in [-0.15, -0.1) is 0 Å². The van der Waals surface area contributed by atoms with Crippen molar-refractivity contribution >= 4 is 209 Å². The Bertz CT molecular complexity index is 3940. The maximum absolute atomic E-state index is 5.91. The summed E-state index contributed by atoms with van der Waals surface area (Å²) in [5, 5.41) is 0. The lowest BCUT2D eigenvalue weighted by Crippen LogP contribution is -2.16. The lowest BCUT2D eigenvalue weighted by atomic mass is 10.1. The highest BCUT2D eigenvalue weighted by Crippen LogP contribution is 2.44. The van der Waals surface area contributed by atoms with Gasteiger partial charge in [0.2, 0.25) is 22.8 Å². The smallest absolute Gasteiger partial charge is 0.250 e. The van der Waals surface area contributed by atoms with Crippen LogP contribution in [0.4, 0.5) is 0 Å². The zero-order valence-electron chi connectivity index (χ0n) is 43.7. The number of benzene rings is 6. The van der Waals surface area contributed by atoms with Gasteiger partial charge in [-0.05, 0) is 128 Å². The summed E-state index contributed by atoms with van der Waals surface area (Å²) in [5.41, 5.74) is 8.15. The van der Waals surface area contributed by atoms with Crippen LogP contribution in [0.3, 0.4) is 0 Å². The fourth-order valence-electron chi connectivity index (χ4n) is 6.65. The summed E-state index contributed by atoms with van der Waals surface area (Å²) in [6, 6.07) is 46.6. The number of nitrogens with zero attached hydrogens (tertiary/aromatic N) is 9. The van der Waals surface area contributed by atoms with Gasteiger partial charge in [-0.25, -0.2) is 44.9 Å². The van der Waals surface area contributed by atoms with Crippen molar-refractivity contribution in [2.45, 2.75) is 29.7 Å². The molecule has 444 valence electrons. The number of alkyl halides is 18. The summed E-state index contributed by atoms with van der Waals surface area (Å²) in [7, 11) is 1.61. The highest BCUT2D eigenvalue weighted by atomic mass is 35.6. The van der Waals surface area contributed by atoms with E-state index in [1.807, 2.05) is 110 Å². The van der Waals surface area contributed by atoms with Crippen LogP contribution >= 0.6 is 209 Å². The molecule has 0 saturated carbocycles. The Morgan fingerprint density at radius 1 is 0.264 bits per heavy atom. The minimum absolute atomic E-state index is 0.142. The van der Waals surface area contributed by atoms with Crippen molar-refractivity contribution in [3.05, 3.63) is 226 Å². The van der Waals surface area contributed by atoms with Crippen molar-refractivity contribution in [1.29, 1.82) is 0 Å². The molecule has 10 nitrogen and oxygen atoms in total. The minimum atomic E-state index is -1.91. The van der Waals surface area contributed by atoms with Gasteiger partial charge < -0.3 is 4.74 Å². The molecule has 6 aromatic carbocycles. The van der Waals surface area contributed by atoms with Gasteiger partial charge in [0.25, 0.3) is 0 Å². The van der Waals surface area contributed by atoms with Gasteiger partial charge in [-0.3, -0.25) is 0 Å². The molecular formula is C59H31Cl18N9O. The number of rotatable bonds is 4.